The highest BCUT2D eigenvalue weighted by Gasteiger charge is 2.17. The molecule has 3 aromatic rings. The summed E-state index contributed by atoms with van der Waals surface area (Å²) in [7, 11) is 0. The van der Waals surface area contributed by atoms with Crippen molar-refractivity contribution >= 4 is 10.8 Å². The highest BCUT2D eigenvalue weighted by molar-refractivity contribution is 5.85. The van der Waals surface area contributed by atoms with Crippen LogP contribution < -0.4 is 5.56 Å². The van der Waals surface area contributed by atoms with Crippen LogP contribution in [0.1, 0.15) is 36.5 Å². The van der Waals surface area contributed by atoms with E-state index in [1.54, 1.807) is 13.3 Å². The molecule has 3 rings (SSSR count). The highest BCUT2D eigenvalue weighted by atomic mass is 19.1. The predicted molar refractivity (Wildman–Crippen MR) is 93.2 cm³/mol. The number of aromatic nitrogens is 1. The number of hydrogen-bond donors (Lipinski definition) is 2. The third kappa shape index (κ3) is 3.65. The number of halogens is 3. The molecule has 1 aromatic heterocycles. The van der Waals surface area contributed by atoms with E-state index in [2.05, 4.69) is 4.98 Å². The Morgan fingerprint density at radius 1 is 1.12 bits per heavy atom. The molecule has 2 atom stereocenters. The number of hydrogen-bond acceptors (Lipinski definition) is 2. The van der Waals surface area contributed by atoms with E-state index in [9.17, 15) is 23.1 Å². The fourth-order valence-corrected chi connectivity index (χ4v) is 2.98. The van der Waals surface area contributed by atoms with Gasteiger partial charge in [0.1, 0.15) is 17.5 Å². The lowest BCUT2D eigenvalue weighted by Gasteiger charge is -2.17. The molecule has 26 heavy (non-hydrogen) atoms. The van der Waals surface area contributed by atoms with Crippen molar-refractivity contribution in [3.63, 3.8) is 0 Å². The zero-order valence-electron chi connectivity index (χ0n) is 14.0. The Morgan fingerprint density at radius 2 is 1.81 bits per heavy atom. The number of aromatic amines is 1. The lowest BCUT2D eigenvalue weighted by atomic mass is 9.91. The van der Waals surface area contributed by atoms with Gasteiger partial charge in [0.25, 0.3) is 5.56 Å². The summed E-state index contributed by atoms with van der Waals surface area (Å²) < 4.78 is 40.5. The monoisotopic (exact) mass is 360 g/mol. The lowest BCUT2D eigenvalue weighted by molar-refractivity contribution is 0.175. The molecule has 0 saturated heterocycles. The van der Waals surface area contributed by atoms with Gasteiger partial charge in [-0.3, -0.25) is 4.79 Å². The first-order valence-electron chi connectivity index (χ1n) is 8.14. The molecule has 0 aliphatic rings. The van der Waals surface area contributed by atoms with Gasteiger partial charge in [-0.2, -0.15) is 0 Å². The molecular weight excluding hydrogens is 343 g/mol. The van der Waals surface area contributed by atoms with Gasteiger partial charge in [0.2, 0.25) is 0 Å². The summed E-state index contributed by atoms with van der Waals surface area (Å²) in [5, 5.41) is 10.2. The molecule has 135 valence electrons. The zero-order valence-corrected chi connectivity index (χ0v) is 14.0. The van der Waals surface area contributed by atoms with Crippen molar-refractivity contribution in [1.82, 2.24) is 4.98 Å². The first-order chi connectivity index (χ1) is 12.4. The van der Waals surface area contributed by atoms with Crippen molar-refractivity contribution in [3.8, 4) is 0 Å². The van der Waals surface area contributed by atoms with Crippen LogP contribution in [-0.2, 0) is 0 Å². The van der Waals surface area contributed by atoms with Crippen LogP contribution in [0.3, 0.4) is 0 Å². The average molecular weight is 360 g/mol. The first-order valence-corrected chi connectivity index (χ1v) is 8.14. The number of fused-ring (bicyclic) bond motifs is 1. The number of H-pyrrole nitrogens is 1. The minimum Gasteiger partial charge on any atom is -0.388 e. The van der Waals surface area contributed by atoms with Gasteiger partial charge in [0.15, 0.2) is 0 Å². The number of benzene rings is 2. The van der Waals surface area contributed by atoms with Gasteiger partial charge >= 0.3 is 0 Å². The second kappa shape index (κ2) is 7.33. The Kier molecular flexibility index (Phi) is 5.13. The summed E-state index contributed by atoms with van der Waals surface area (Å²) in [5.41, 5.74) is 0.488. The molecule has 2 N–H and O–H groups in total. The standard InChI is InChI=1S/C20H17F3NO2/c1-11(2-7-18(25)12-3-5-13(21)6-4-12)16-10-24-20(26)19-15(16)8-14(22)9-17(19)23/h2-6,8-11,18,25H,7H2,1H3,(H,24,26). The van der Waals surface area contributed by atoms with Crippen LogP contribution in [0.5, 0.6) is 0 Å². The average Bonchev–Trinajstić information content (AvgIpc) is 2.59. The molecule has 1 radical (unpaired) electrons. The molecule has 0 bridgehead atoms. The summed E-state index contributed by atoms with van der Waals surface area (Å²) in [6.45, 7) is 1.80. The maximum absolute atomic E-state index is 14.0. The smallest absolute Gasteiger partial charge is 0.258 e. The van der Waals surface area contributed by atoms with Gasteiger partial charge in [-0.25, -0.2) is 13.2 Å². The van der Waals surface area contributed by atoms with E-state index in [0.29, 0.717) is 17.2 Å². The molecule has 0 aliphatic carbocycles. The van der Waals surface area contributed by atoms with E-state index >= 15 is 0 Å². The predicted octanol–water partition coefficient (Wildman–Crippen LogP) is 4.38. The van der Waals surface area contributed by atoms with Gasteiger partial charge in [-0.15, -0.1) is 0 Å². The minimum atomic E-state index is -0.915. The van der Waals surface area contributed by atoms with Crippen LogP contribution in [0.15, 0.2) is 47.4 Å². The first kappa shape index (κ1) is 18.2. The summed E-state index contributed by atoms with van der Waals surface area (Å²) in [6.07, 6.45) is 2.63. The van der Waals surface area contributed by atoms with Crippen molar-refractivity contribution in [2.24, 2.45) is 0 Å². The molecule has 3 nitrogen and oxygen atoms in total. The van der Waals surface area contributed by atoms with E-state index in [0.717, 1.165) is 6.07 Å². The number of aliphatic hydroxyl groups excluding tert-OH is 1. The normalized spacial score (nSPS) is 13.7. The summed E-state index contributed by atoms with van der Waals surface area (Å²) >= 11 is 0. The van der Waals surface area contributed by atoms with Gasteiger partial charge in [0.05, 0.1) is 11.5 Å². The SMILES string of the molecule is CC([CH]CC(O)c1ccc(F)cc1)c1c[nH]c(=O)c2c(F)cc(F)cc12. The Bertz CT molecular complexity index is 983. The molecule has 0 spiro atoms. The highest BCUT2D eigenvalue weighted by Crippen LogP contribution is 2.30. The molecule has 0 aliphatic heterocycles. The molecular formula is C20H17F3NO2. The van der Waals surface area contributed by atoms with Crippen LogP contribution in [0.4, 0.5) is 13.2 Å². The molecule has 2 aromatic carbocycles. The van der Waals surface area contributed by atoms with Crippen LogP contribution >= 0.6 is 0 Å². The maximum atomic E-state index is 14.0. The molecule has 1 heterocycles. The summed E-state index contributed by atoms with van der Waals surface area (Å²) in [5.74, 6) is -2.35. The lowest BCUT2D eigenvalue weighted by Crippen LogP contribution is -2.11. The van der Waals surface area contributed by atoms with E-state index in [4.69, 9.17) is 0 Å². The van der Waals surface area contributed by atoms with Crippen LogP contribution in [0.25, 0.3) is 10.8 Å². The Hall–Kier alpha value is -2.60. The number of aliphatic hydroxyl groups is 1. The van der Waals surface area contributed by atoms with Crippen LogP contribution in [0.2, 0.25) is 0 Å². The largest absolute Gasteiger partial charge is 0.388 e. The second-order valence-electron chi connectivity index (χ2n) is 6.21. The third-order valence-corrected chi connectivity index (χ3v) is 4.41. The quantitative estimate of drug-likeness (QED) is 0.710. The van der Waals surface area contributed by atoms with Crippen LogP contribution in [0, 0.1) is 23.9 Å². The van der Waals surface area contributed by atoms with E-state index in [-0.39, 0.29) is 28.9 Å². The Morgan fingerprint density at radius 3 is 2.50 bits per heavy atom. The van der Waals surface area contributed by atoms with Gasteiger partial charge in [-0.05, 0) is 53.5 Å². The van der Waals surface area contributed by atoms with Gasteiger partial charge in [-0.1, -0.05) is 19.1 Å². The van der Waals surface area contributed by atoms with Crippen molar-refractivity contribution in [2.75, 3.05) is 0 Å². The molecule has 0 saturated carbocycles. The van der Waals surface area contributed by atoms with Crippen molar-refractivity contribution in [2.45, 2.75) is 25.4 Å². The maximum Gasteiger partial charge on any atom is 0.258 e. The topological polar surface area (TPSA) is 53.1 Å². The van der Waals surface area contributed by atoms with Crippen molar-refractivity contribution in [3.05, 3.63) is 87.9 Å². The minimum absolute atomic E-state index is 0.191. The zero-order chi connectivity index (χ0) is 18.8. The van der Waals surface area contributed by atoms with E-state index < -0.39 is 23.3 Å². The summed E-state index contributed by atoms with van der Waals surface area (Å²) in [4.78, 5) is 14.3. The van der Waals surface area contributed by atoms with E-state index in [1.807, 2.05) is 0 Å². The number of pyridine rings is 1. The molecule has 0 fully saturated rings. The van der Waals surface area contributed by atoms with Crippen LogP contribution in [-0.4, -0.2) is 10.1 Å². The van der Waals surface area contributed by atoms with Crippen molar-refractivity contribution in [1.29, 1.82) is 0 Å². The Labute approximate surface area is 148 Å². The Balaban J connectivity index is 1.84. The molecule has 6 heteroatoms. The fraction of sp³-hybridized carbons (Fsp3) is 0.200. The second-order valence-corrected chi connectivity index (χ2v) is 6.21. The van der Waals surface area contributed by atoms with Crippen molar-refractivity contribution < 1.29 is 18.3 Å². The fourth-order valence-electron chi connectivity index (χ4n) is 2.98. The van der Waals surface area contributed by atoms with E-state index in [1.165, 1.54) is 30.5 Å². The number of nitrogens with one attached hydrogen (secondary N) is 1. The molecule has 0 amide bonds. The molecule has 2 unspecified atom stereocenters. The van der Waals surface area contributed by atoms with Gasteiger partial charge < -0.3 is 10.1 Å². The third-order valence-electron chi connectivity index (χ3n) is 4.41. The number of rotatable bonds is 5. The van der Waals surface area contributed by atoms with Gasteiger partial charge in [0, 0.05) is 12.3 Å². The summed E-state index contributed by atoms with van der Waals surface area (Å²) in [6, 6.07) is 7.33.